The fraction of sp³-hybridized carbons (Fsp3) is 0.200. The maximum Gasteiger partial charge on any atom is 0.336 e. The van der Waals surface area contributed by atoms with Gasteiger partial charge < -0.3 is 9.84 Å². The zero-order chi connectivity index (χ0) is 18.1. The van der Waals surface area contributed by atoms with E-state index in [0.717, 1.165) is 24.4 Å². The zero-order valence-electron chi connectivity index (χ0n) is 13.9. The number of carboxylic acid groups (broad SMARTS) is 1. The predicted molar refractivity (Wildman–Crippen MR) is 72.9 cm³/mol. The van der Waals surface area contributed by atoms with E-state index < -0.39 is 24.9 Å². The first-order valence-corrected chi connectivity index (χ1v) is 5.85. The average molecular weight is 296 g/mol. The molecule has 0 radical (unpaired) electrons. The number of hydrogen-bond acceptors (Lipinski definition) is 3. The minimum atomic E-state index is -2.87. The second-order valence-electron chi connectivity index (χ2n) is 4.18. The molecule has 2 aromatic rings. The first kappa shape index (κ1) is 11.2. The Balaban J connectivity index is 2.78. The Morgan fingerprint density at radius 1 is 1.38 bits per heavy atom. The van der Waals surface area contributed by atoms with Gasteiger partial charge >= 0.3 is 5.97 Å². The molecule has 1 aromatic heterocycles. The molecule has 2 rings (SSSR count). The number of aryl methyl sites for hydroxylation is 1. The highest BCUT2D eigenvalue weighted by molar-refractivity contribution is 5.97. The van der Waals surface area contributed by atoms with Crippen molar-refractivity contribution in [2.45, 2.75) is 13.3 Å². The van der Waals surface area contributed by atoms with E-state index in [1.807, 2.05) is 0 Å². The molecule has 0 fully saturated rings. The highest BCUT2D eigenvalue weighted by Crippen LogP contribution is 2.35. The Hall–Kier alpha value is -2.50. The number of aromatic nitrogens is 1. The SMILES string of the molecule is [2H]C([2H])([2H])c1ccc(C(=O)O)c(-c2cc(C(F)F)ncc2OC)c1. The lowest BCUT2D eigenvalue weighted by molar-refractivity contribution is 0.0697. The molecule has 110 valence electrons. The molecule has 0 aliphatic carbocycles. The molecule has 0 saturated carbocycles. The van der Waals surface area contributed by atoms with Gasteiger partial charge in [0.1, 0.15) is 11.4 Å². The Labute approximate surface area is 124 Å². The third-order valence-electron chi connectivity index (χ3n) is 2.87. The predicted octanol–water partition coefficient (Wildman–Crippen LogP) is 3.70. The van der Waals surface area contributed by atoms with E-state index in [9.17, 15) is 18.7 Å². The van der Waals surface area contributed by atoms with Crippen LogP contribution in [0.2, 0.25) is 0 Å². The van der Waals surface area contributed by atoms with Gasteiger partial charge in [0, 0.05) is 15.2 Å². The first-order valence-electron chi connectivity index (χ1n) is 7.35. The van der Waals surface area contributed by atoms with Crippen LogP contribution in [-0.4, -0.2) is 23.2 Å². The molecular weight excluding hydrogens is 280 g/mol. The van der Waals surface area contributed by atoms with Crippen molar-refractivity contribution in [3.8, 4) is 16.9 Å². The van der Waals surface area contributed by atoms with Crippen LogP contribution in [0.4, 0.5) is 8.78 Å². The van der Waals surface area contributed by atoms with Gasteiger partial charge in [-0.05, 0) is 19.0 Å². The van der Waals surface area contributed by atoms with E-state index in [-0.39, 0.29) is 28.0 Å². The smallest absolute Gasteiger partial charge is 0.336 e. The van der Waals surface area contributed by atoms with Crippen LogP contribution < -0.4 is 4.74 Å². The monoisotopic (exact) mass is 296 g/mol. The molecular formula is C15H13F2NO3. The average Bonchev–Trinajstić information content (AvgIpc) is 2.52. The minimum Gasteiger partial charge on any atom is -0.494 e. The summed E-state index contributed by atoms with van der Waals surface area (Å²) in [6.07, 6.45) is -1.82. The van der Waals surface area contributed by atoms with Crippen LogP contribution in [0.15, 0.2) is 30.5 Å². The Kier molecular flexibility index (Phi) is 3.13. The van der Waals surface area contributed by atoms with Crippen molar-refractivity contribution >= 4 is 5.97 Å². The van der Waals surface area contributed by atoms with Gasteiger partial charge in [-0.3, -0.25) is 4.98 Å². The number of halogens is 2. The molecule has 0 atom stereocenters. The van der Waals surface area contributed by atoms with Crippen molar-refractivity contribution in [1.82, 2.24) is 4.98 Å². The van der Waals surface area contributed by atoms with Crippen LogP contribution in [0.1, 0.15) is 32.2 Å². The Morgan fingerprint density at radius 3 is 2.71 bits per heavy atom. The summed E-state index contributed by atoms with van der Waals surface area (Å²) < 4.78 is 53.2. The summed E-state index contributed by atoms with van der Waals surface area (Å²) in [5.41, 5.74) is -0.905. The van der Waals surface area contributed by atoms with E-state index >= 15 is 0 Å². The van der Waals surface area contributed by atoms with Crippen molar-refractivity contribution in [3.05, 3.63) is 47.3 Å². The number of carboxylic acids is 1. The van der Waals surface area contributed by atoms with E-state index in [1.54, 1.807) is 0 Å². The van der Waals surface area contributed by atoms with Gasteiger partial charge in [0.15, 0.2) is 0 Å². The number of ether oxygens (including phenoxy) is 1. The van der Waals surface area contributed by atoms with Gasteiger partial charge in [-0.25, -0.2) is 13.6 Å². The van der Waals surface area contributed by atoms with Crippen LogP contribution in [0.25, 0.3) is 11.1 Å². The number of nitrogens with zero attached hydrogens (tertiary/aromatic N) is 1. The summed E-state index contributed by atoms with van der Waals surface area (Å²) in [5, 5.41) is 9.32. The second kappa shape index (κ2) is 5.87. The molecule has 1 N–H and O–H groups in total. The van der Waals surface area contributed by atoms with Crippen LogP contribution in [-0.2, 0) is 0 Å². The van der Waals surface area contributed by atoms with Crippen molar-refractivity contribution in [1.29, 1.82) is 0 Å². The van der Waals surface area contributed by atoms with Crippen LogP contribution in [0, 0.1) is 6.85 Å². The summed E-state index contributed by atoms with van der Waals surface area (Å²) >= 11 is 0. The van der Waals surface area contributed by atoms with Gasteiger partial charge in [0.25, 0.3) is 6.43 Å². The van der Waals surface area contributed by atoms with Gasteiger partial charge in [-0.1, -0.05) is 17.7 Å². The molecule has 0 aliphatic rings. The van der Waals surface area contributed by atoms with Gasteiger partial charge in [0.05, 0.1) is 18.9 Å². The highest BCUT2D eigenvalue weighted by atomic mass is 19.3. The van der Waals surface area contributed by atoms with E-state index in [4.69, 9.17) is 8.85 Å². The standard InChI is InChI=1S/C15H13F2NO3/c1-8-3-4-9(15(19)20)10(5-8)11-6-12(14(16)17)18-7-13(11)21-2/h3-7,14H,1-2H3,(H,19,20)/i1D3. The molecule has 21 heavy (non-hydrogen) atoms. The minimum absolute atomic E-state index is 0.0303. The van der Waals surface area contributed by atoms with Gasteiger partial charge in [0.2, 0.25) is 0 Å². The number of methoxy groups -OCH3 is 1. The summed E-state index contributed by atoms with van der Waals surface area (Å²) in [6.45, 7) is -2.47. The number of hydrogen-bond donors (Lipinski definition) is 1. The summed E-state index contributed by atoms with van der Waals surface area (Å²) in [6, 6.07) is 4.43. The van der Waals surface area contributed by atoms with E-state index in [1.165, 1.54) is 13.2 Å². The van der Waals surface area contributed by atoms with E-state index in [2.05, 4.69) is 4.98 Å². The molecule has 0 amide bonds. The molecule has 4 nitrogen and oxygen atoms in total. The molecule has 1 aromatic carbocycles. The number of carbonyl (C=O) groups is 1. The van der Waals surface area contributed by atoms with Crippen molar-refractivity contribution in [2.75, 3.05) is 7.11 Å². The summed E-state index contributed by atoms with van der Waals surface area (Å²) in [7, 11) is 1.27. The lowest BCUT2D eigenvalue weighted by Crippen LogP contribution is -2.02. The lowest BCUT2D eigenvalue weighted by Gasteiger charge is -2.13. The van der Waals surface area contributed by atoms with Crippen LogP contribution in [0.5, 0.6) is 5.75 Å². The molecule has 0 saturated heterocycles. The maximum absolute atomic E-state index is 12.9. The maximum atomic E-state index is 12.9. The number of pyridine rings is 1. The first-order chi connectivity index (χ1) is 11.1. The van der Waals surface area contributed by atoms with Crippen LogP contribution in [0.3, 0.4) is 0 Å². The molecule has 1 heterocycles. The molecule has 0 aliphatic heterocycles. The quantitative estimate of drug-likeness (QED) is 0.934. The van der Waals surface area contributed by atoms with Gasteiger partial charge in [-0.2, -0.15) is 0 Å². The summed E-state index contributed by atoms with van der Waals surface area (Å²) in [4.78, 5) is 15.0. The summed E-state index contributed by atoms with van der Waals surface area (Å²) in [5.74, 6) is -1.26. The largest absolute Gasteiger partial charge is 0.494 e. The van der Waals surface area contributed by atoms with Crippen molar-refractivity contribution in [3.63, 3.8) is 0 Å². The second-order valence-corrected chi connectivity index (χ2v) is 4.18. The van der Waals surface area contributed by atoms with Crippen molar-refractivity contribution < 1.29 is 27.5 Å². The fourth-order valence-electron chi connectivity index (χ4n) is 1.91. The molecule has 0 unspecified atom stereocenters. The topological polar surface area (TPSA) is 59.4 Å². The zero-order valence-corrected chi connectivity index (χ0v) is 10.9. The lowest BCUT2D eigenvalue weighted by atomic mass is 9.97. The van der Waals surface area contributed by atoms with Crippen molar-refractivity contribution in [2.24, 2.45) is 0 Å². The van der Waals surface area contributed by atoms with Crippen LogP contribution >= 0.6 is 0 Å². The number of aromatic carboxylic acids is 1. The number of rotatable bonds is 4. The molecule has 6 heteroatoms. The molecule has 0 bridgehead atoms. The normalized spacial score (nSPS) is 13.4. The van der Waals surface area contributed by atoms with Gasteiger partial charge in [-0.15, -0.1) is 0 Å². The number of benzene rings is 1. The molecule has 0 spiro atoms. The Morgan fingerprint density at radius 2 is 2.14 bits per heavy atom. The van der Waals surface area contributed by atoms with E-state index in [0.29, 0.717) is 0 Å². The third kappa shape index (κ3) is 2.99. The Bertz CT molecular complexity index is 779. The highest BCUT2D eigenvalue weighted by Gasteiger charge is 2.19. The number of alkyl halides is 2. The fourth-order valence-corrected chi connectivity index (χ4v) is 1.91. The third-order valence-corrected chi connectivity index (χ3v) is 2.87.